The van der Waals surface area contributed by atoms with Gasteiger partial charge >= 0.3 is 0 Å². The second-order valence-electron chi connectivity index (χ2n) is 9.03. The summed E-state index contributed by atoms with van der Waals surface area (Å²) in [6.45, 7) is 17.1. The first-order chi connectivity index (χ1) is 12.2. The monoisotopic (exact) mass is 359 g/mol. The Morgan fingerprint density at radius 1 is 0.962 bits per heavy atom. The van der Waals surface area contributed by atoms with Crippen LogP contribution in [0.15, 0.2) is 35.6 Å². The van der Waals surface area contributed by atoms with Crippen molar-refractivity contribution in [2.24, 2.45) is 22.7 Å². The molecule has 0 saturated carbocycles. The standard InChI is InChI=1S/C14H23NO.C9H14O/c1-12-4-5-13(14(12,2)3)6-7-15-8-10-16-11-9-15;1-7-4-5-8(6-10)9(7,2)3/h4,6-7,13H,5,8-11H2,1-3H3;4,6,8H,5H2,1-3H3/b7-6+;. The van der Waals surface area contributed by atoms with E-state index in [0.29, 0.717) is 11.3 Å². The molecule has 2 atom stereocenters. The predicted octanol–water partition coefficient (Wildman–Crippen LogP) is 5.00. The summed E-state index contributed by atoms with van der Waals surface area (Å²) in [4.78, 5) is 12.9. The summed E-state index contributed by atoms with van der Waals surface area (Å²) in [6.07, 6.45) is 12.4. The van der Waals surface area contributed by atoms with Crippen molar-refractivity contribution in [1.29, 1.82) is 0 Å². The highest BCUT2D eigenvalue weighted by Crippen LogP contribution is 2.43. The van der Waals surface area contributed by atoms with E-state index in [9.17, 15) is 4.79 Å². The number of hydrogen-bond acceptors (Lipinski definition) is 3. The molecule has 1 heterocycles. The highest BCUT2D eigenvalue weighted by atomic mass is 16.5. The Morgan fingerprint density at radius 2 is 1.46 bits per heavy atom. The Bertz CT molecular complexity index is 577. The molecule has 3 heteroatoms. The van der Waals surface area contributed by atoms with Crippen LogP contribution in [0.5, 0.6) is 0 Å². The lowest BCUT2D eigenvalue weighted by atomic mass is 9.78. The van der Waals surface area contributed by atoms with Gasteiger partial charge in [-0.05, 0) is 49.6 Å². The molecule has 2 unspecified atom stereocenters. The van der Waals surface area contributed by atoms with Crippen molar-refractivity contribution < 1.29 is 9.53 Å². The summed E-state index contributed by atoms with van der Waals surface area (Å²) < 4.78 is 5.34. The second kappa shape index (κ2) is 8.56. The van der Waals surface area contributed by atoms with Gasteiger partial charge in [-0.15, -0.1) is 0 Å². The Hall–Kier alpha value is -1.35. The Kier molecular flexibility index (Phi) is 6.90. The van der Waals surface area contributed by atoms with Crippen LogP contribution in [-0.2, 0) is 9.53 Å². The number of rotatable bonds is 3. The molecule has 3 rings (SSSR count). The van der Waals surface area contributed by atoms with E-state index in [2.05, 4.69) is 70.9 Å². The van der Waals surface area contributed by atoms with E-state index in [1.54, 1.807) is 0 Å². The van der Waals surface area contributed by atoms with Crippen LogP contribution in [-0.4, -0.2) is 37.5 Å². The van der Waals surface area contributed by atoms with Crippen LogP contribution in [0.3, 0.4) is 0 Å². The Labute approximate surface area is 160 Å². The van der Waals surface area contributed by atoms with Crippen LogP contribution in [0.1, 0.15) is 54.4 Å². The number of carbonyl (C=O) groups excluding carboxylic acids is 1. The van der Waals surface area contributed by atoms with Crippen molar-refractivity contribution in [3.8, 4) is 0 Å². The number of nitrogens with zero attached hydrogens (tertiary/aromatic N) is 1. The normalized spacial score (nSPS) is 29.8. The van der Waals surface area contributed by atoms with Crippen LogP contribution in [0.25, 0.3) is 0 Å². The fourth-order valence-corrected chi connectivity index (χ4v) is 3.80. The molecule has 1 aliphatic heterocycles. The van der Waals surface area contributed by atoms with Crippen LogP contribution >= 0.6 is 0 Å². The predicted molar refractivity (Wildman–Crippen MR) is 109 cm³/mol. The van der Waals surface area contributed by atoms with Gasteiger partial charge in [0.1, 0.15) is 6.29 Å². The third-order valence-corrected chi connectivity index (χ3v) is 6.98. The van der Waals surface area contributed by atoms with Crippen molar-refractivity contribution >= 4 is 6.29 Å². The first-order valence-electron chi connectivity index (χ1n) is 9.99. The van der Waals surface area contributed by atoms with E-state index in [0.717, 1.165) is 39.0 Å². The number of allylic oxidation sites excluding steroid dienone is 5. The number of carbonyl (C=O) groups is 1. The molecule has 0 bridgehead atoms. The molecule has 0 N–H and O–H groups in total. The maximum atomic E-state index is 10.5. The number of ether oxygens (including phenoxy) is 1. The van der Waals surface area contributed by atoms with Crippen molar-refractivity contribution in [2.75, 3.05) is 26.3 Å². The second-order valence-corrected chi connectivity index (χ2v) is 9.03. The van der Waals surface area contributed by atoms with Gasteiger partial charge in [0.15, 0.2) is 0 Å². The Balaban J connectivity index is 0.000000209. The number of hydrogen-bond donors (Lipinski definition) is 0. The maximum absolute atomic E-state index is 10.5. The fourth-order valence-electron chi connectivity index (χ4n) is 3.80. The lowest BCUT2D eigenvalue weighted by Crippen LogP contribution is -2.32. The number of aldehydes is 1. The van der Waals surface area contributed by atoms with Crippen LogP contribution in [0.4, 0.5) is 0 Å². The average molecular weight is 360 g/mol. The highest BCUT2D eigenvalue weighted by molar-refractivity contribution is 5.58. The summed E-state index contributed by atoms with van der Waals surface area (Å²) >= 11 is 0. The topological polar surface area (TPSA) is 29.5 Å². The molecule has 1 saturated heterocycles. The lowest BCUT2D eigenvalue weighted by molar-refractivity contribution is -0.113. The van der Waals surface area contributed by atoms with Gasteiger partial charge in [-0.1, -0.05) is 57.1 Å². The van der Waals surface area contributed by atoms with Gasteiger partial charge in [0, 0.05) is 19.0 Å². The van der Waals surface area contributed by atoms with E-state index < -0.39 is 0 Å². The van der Waals surface area contributed by atoms with E-state index in [1.165, 1.54) is 17.6 Å². The molecule has 3 aliphatic rings. The third kappa shape index (κ3) is 4.68. The maximum Gasteiger partial charge on any atom is 0.124 e. The SMILES string of the molecule is CC1=CCC(/C=C/N2CCOCC2)C1(C)C.CC1=CCC(C=O)C1(C)C. The zero-order valence-electron chi connectivity index (χ0n) is 17.5. The van der Waals surface area contributed by atoms with Crippen molar-refractivity contribution in [3.63, 3.8) is 0 Å². The van der Waals surface area contributed by atoms with E-state index >= 15 is 0 Å². The largest absolute Gasteiger partial charge is 0.378 e. The third-order valence-electron chi connectivity index (χ3n) is 6.98. The van der Waals surface area contributed by atoms with Crippen molar-refractivity contribution in [3.05, 3.63) is 35.6 Å². The molecule has 0 spiro atoms. The minimum absolute atomic E-state index is 0.113. The van der Waals surface area contributed by atoms with E-state index in [1.807, 2.05) is 0 Å². The molecule has 0 aromatic heterocycles. The van der Waals surface area contributed by atoms with Crippen molar-refractivity contribution in [1.82, 2.24) is 4.90 Å². The molecule has 26 heavy (non-hydrogen) atoms. The molecule has 3 nitrogen and oxygen atoms in total. The van der Waals surface area contributed by atoms with Gasteiger partial charge in [0.25, 0.3) is 0 Å². The fraction of sp³-hybridized carbons (Fsp3) is 0.696. The smallest absolute Gasteiger partial charge is 0.124 e. The minimum Gasteiger partial charge on any atom is -0.378 e. The average Bonchev–Trinajstić information content (AvgIpc) is 3.02. The molecule has 2 aliphatic carbocycles. The van der Waals surface area contributed by atoms with E-state index in [-0.39, 0.29) is 11.3 Å². The zero-order valence-corrected chi connectivity index (χ0v) is 17.5. The molecular formula is C23H37NO2. The zero-order chi connectivity index (χ0) is 19.4. The molecule has 146 valence electrons. The van der Waals surface area contributed by atoms with Gasteiger partial charge in [-0.3, -0.25) is 0 Å². The van der Waals surface area contributed by atoms with Gasteiger partial charge in [0.2, 0.25) is 0 Å². The van der Waals surface area contributed by atoms with Gasteiger partial charge < -0.3 is 14.4 Å². The lowest BCUT2D eigenvalue weighted by Gasteiger charge is -2.29. The van der Waals surface area contributed by atoms with Gasteiger partial charge in [0.05, 0.1) is 13.2 Å². The van der Waals surface area contributed by atoms with Crippen LogP contribution < -0.4 is 0 Å². The first kappa shape index (κ1) is 21.0. The van der Waals surface area contributed by atoms with Crippen LogP contribution in [0, 0.1) is 22.7 Å². The summed E-state index contributed by atoms with van der Waals surface area (Å²) in [5.41, 5.74) is 3.33. The molecule has 1 fully saturated rings. The quantitative estimate of drug-likeness (QED) is 0.524. The Morgan fingerprint density at radius 3 is 1.85 bits per heavy atom. The summed E-state index contributed by atoms with van der Waals surface area (Å²) in [5.74, 6) is 0.878. The number of morpholine rings is 1. The molecule has 0 aromatic carbocycles. The summed E-state index contributed by atoms with van der Waals surface area (Å²) in [7, 11) is 0. The molecule has 0 radical (unpaired) electrons. The summed E-state index contributed by atoms with van der Waals surface area (Å²) in [6, 6.07) is 0. The highest BCUT2D eigenvalue weighted by Gasteiger charge is 2.34. The van der Waals surface area contributed by atoms with E-state index in [4.69, 9.17) is 4.74 Å². The molecular weight excluding hydrogens is 322 g/mol. The van der Waals surface area contributed by atoms with Gasteiger partial charge in [-0.2, -0.15) is 0 Å². The molecule has 0 aromatic rings. The summed E-state index contributed by atoms with van der Waals surface area (Å²) in [5, 5.41) is 0. The minimum atomic E-state index is 0.113. The molecule has 0 amide bonds. The van der Waals surface area contributed by atoms with Gasteiger partial charge in [-0.25, -0.2) is 0 Å². The first-order valence-corrected chi connectivity index (χ1v) is 9.99. The van der Waals surface area contributed by atoms with Crippen LogP contribution in [0.2, 0.25) is 0 Å². The van der Waals surface area contributed by atoms with Crippen molar-refractivity contribution in [2.45, 2.75) is 54.4 Å².